The van der Waals surface area contributed by atoms with Crippen LogP contribution in [0.15, 0.2) is 52.0 Å². The van der Waals surface area contributed by atoms with Crippen molar-refractivity contribution in [2.45, 2.75) is 11.4 Å². The van der Waals surface area contributed by atoms with Gasteiger partial charge in [0.15, 0.2) is 9.84 Å². The second-order valence-electron chi connectivity index (χ2n) is 5.10. The van der Waals surface area contributed by atoms with Crippen LogP contribution < -0.4 is 5.32 Å². The summed E-state index contributed by atoms with van der Waals surface area (Å²) in [5, 5.41) is 2.73. The highest BCUT2D eigenvalue weighted by Gasteiger charge is 2.10. The molecular formula is C15H18N2O4S. The van der Waals surface area contributed by atoms with Gasteiger partial charge in [0.05, 0.1) is 24.2 Å². The normalized spacial score (nSPS) is 11.6. The van der Waals surface area contributed by atoms with Crippen LogP contribution in [0, 0.1) is 0 Å². The lowest BCUT2D eigenvalue weighted by molar-refractivity contribution is -0.117. The summed E-state index contributed by atoms with van der Waals surface area (Å²) in [6.07, 6.45) is 2.73. The van der Waals surface area contributed by atoms with Crippen molar-refractivity contribution in [1.82, 2.24) is 4.90 Å². The third kappa shape index (κ3) is 4.71. The molecule has 1 amide bonds. The summed E-state index contributed by atoms with van der Waals surface area (Å²) in [4.78, 5) is 14.0. The Morgan fingerprint density at radius 1 is 1.23 bits per heavy atom. The predicted molar refractivity (Wildman–Crippen MR) is 83.2 cm³/mol. The summed E-state index contributed by atoms with van der Waals surface area (Å²) < 4.78 is 27.9. The predicted octanol–water partition coefficient (Wildman–Crippen LogP) is 1.75. The third-order valence-electron chi connectivity index (χ3n) is 2.99. The van der Waals surface area contributed by atoms with Crippen LogP contribution >= 0.6 is 0 Å². The average Bonchev–Trinajstić information content (AvgIpc) is 2.90. The zero-order chi connectivity index (χ0) is 16.2. The minimum absolute atomic E-state index is 0.179. The van der Waals surface area contributed by atoms with Crippen LogP contribution in [0.2, 0.25) is 0 Å². The van der Waals surface area contributed by atoms with E-state index >= 15 is 0 Å². The van der Waals surface area contributed by atoms with Gasteiger partial charge >= 0.3 is 0 Å². The van der Waals surface area contributed by atoms with E-state index in [0.29, 0.717) is 12.2 Å². The molecule has 0 unspecified atom stereocenters. The van der Waals surface area contributed by atoms with E-state index in [1.165, 1.54) is 12.1 Å². The van der Waals surface area contributed by atoms with Crippen LogP contribution in [0.4, 0.5) is 5.69 Å². The highest BCUT2D eigenvalue weighted by molar-refractivity contribution is 7.90. The van der Waals surface area contributed by atoms with Gasteiger partial charge in [0.1, 0.15) is 5.76 Å². The molecule has 22 heavy (non-hydrogen) atoms. The Morgan fingerprint density at radius 3 is 2.45 bits per heavy atom. The summed E-state index contributed by atoms with van der Waals surface area (Å²) in [6.45, 7) is 0.738. The van der Waals surface area contributed by atoms with Gasteiger partial charge in [0.25, 0.3) is 0 Å². The van der Waals surface area contributed by atoms with Gasteiger partial charge in [-0.15, -0.1) is 0 Å². The monoisotopic (exact) mass is 322 g/mol. The lowest BCUT2D eigenvalue weighted by atomic mass is 10.3. The molecule has 2 aromatic rings. The molecule has 0 aliphatic rings. The first-order chi connectivity index (χ1) is 10.3. The molecule has 0 aliphatic heterocycles. The molecule has 1 aromatic heterocycles. The van der Waals surface area contributed by atoms with E-state index in [1.54, 1.807) is 24.5 Å². The summed E-state index contributed by atoms with van der Waals surface area (Å²) in [7, 11) is -1.41. The van der Waals surface area contributed by atoms with Crippen molar-refractivity contribution >= 4 is 21.4 Å². The first-order valence-electron chi connectivity index (χ1n) is 6.65. The molecule has 0 radical (unpaired) electrons. The standard InChI is InChI=1S/C15H18N2O4S/c1-17(10-13-4-3-9-21-13)11-15(18)16-12-5-7-14(8-6-12)22(2,19)20/h3-9H,10-11H2,1-2H3,(H,16,18). The number of anilines is 1. The van der Waals surface area contributed by atoms with E-state index < -0.39 is 9.84 Å². The maximum Gasteiger partial charge on any atom is 0.238 e. The highest BCUT2D eigenvalue weighted by atomic mass is 32.2. The van der Waals surface area contributed by atoms with E-state index in [-0.39, 0.29) is 17.3 Å². The van der Waals surface area contributed by atoms with Crippen LogP contribution in [0.3, 0.4) is 0 Å². The van der Waals surface area contributed by atoms with E-state index in [0.717, 1.165) is 12.0 Å². The van der Waals surface area contributed by atoms with Crippen LogP contribution in [0.1, 0.15) is 5.76 Å². The van der Waals surface area contributed by atoms with Gasteiger partial charge in [-0.2, -0.15) is 0 Å². The lowest BCUT2D eigenvalue weighted by Crippen LogP contribution is -2.29. The first kappa shape index (κ1) is 16.3. The molecule has 0 aliphatic carbocycles. The molecule has 1 N–H and O–H groups in total. The minimum Gasteiger partial charge on any atom is -0.468 e. The Morgan fingerprint density at radius 2 is 1.91 bits per heavy atom. The Kier molecular flexibility index (Phi) is 4.99. The van der Waals surface area contributed by atoms with Gasteiger partial charge in [0.2, 0.25) is 5.91 Å². The Balaban J connectivity index is 1.89. The maximum atomic E-state index is 11.9. The molecule has 1 aromatic carbocycles. The molecular weight excluding hydrogens is 304 g/mol. The van der Waals surface area contributed by atoms with Crippen molar-refractivity contribution in [3.8, 4) is 0 Å². The fourth-order valence-electron chi connectivity index (χ4n) is 1.96. The second kappa shape index (κ2) is 6.76. The minimum atomic E-state index is -3.23. The number of sulfone groups is 1. The van der Waals surface area contributed by atoms with E-state index in [9.17, 15) is 13.2 Å². The number of hydrogen-bond donors (Lipinski definition) is 1. The molecule has 0 bridgehead atoms. The van der Waals surface area contributed by atoms with Crippen LogP contribution in [0.5, 0.6) is 0 Å². The van der Waals surface area contributed by atoms with Crippen LogP contribution in [0.25, 0.3) is 0 Å². The molecule has 0 fully saturated rings. The lowest BCUT2D eigenvalue weighted by Gasteiger charge is -2.14. The molecule has 1 heterocycles. The second-order valence-corrected chi connectivity index (χ2v) is 7.11. The summed E-state index contributed by atoms with van der Waals surface area (Å²) >= 11 is 0. The number of furan rings is 1. The highest BCUT2D eigenvalue weighted by Crippen LogP contribution is 2.14. The van der Waals surface area contributed by atoms with Gasteiger partial charge in [-0.25, -0.2) is 8.42 Å². The molecule has 0 saturated carbocycles. The van der Waals surface area contributed by atoms with Crippen LogP contribution in [-0.4, -0.2) is 39.1 Å². The van der Waals surface area contributed by atoms with Gasteiger partial charge in [-0.05, 0) is 43.4 Å². The SMILES string of the molecule is CN(CC(=O)Nc1ccc(S(C)(=O)=O)cc1)Cc1ccco1. The topological polar surface area (TPSA) is 79.6 Å². The number of rotatable bonds is 6. The number of amides is 1. The van der Waals surface area contributed by atoms with E-state index in [4.69, 9.17) is 4.42 Å². The quantitative estimate of drug-likeness (QED) is 0.876. The molecule has 6 nitrogen and oxygen atoms in total. The smallest absolute Gasteiger partial charge is 0.238 e. The number of benzene rings is 1. The van der Waals surface area contributed by atoms with Gasteiger partial charge in [0, 0.05) is 11.9 Å². The summed E-state index contributed by atoms with van der Waals surface area (Å²) in [6, 6.07) is 9.72. The van der Waals surface area contributed by atoms with Crippen molar-refractivity contribution in [1.29, 1.82) is 0 Å². The van der Waals surface area contributed by atoms with Crippen molar-refractivity contribution in [3.63, 3.8) is 0 Å². The summed E-state index contributed by atoms with van der Waals surface area (Å²) in [5.41, 5.74) is 0.559. The molecule has 0 saturated heterocycles. The zero-order valence-corrected chi connectivity index (χ0v) is 13.3. The molecule has 0 spiro atoms. The number of likely N-dealkylation sites (N-methyl/N-ethyl adjacent to an activating group) is 1. The number of hydrogen-bond acceptors (Lipinski definition) is 5. The Hall–Kier alpha value is -2.12. The maximum absolute atomic E-state index is 11.9. The molecule has 0 atom stereocenters. The van der Waals surface area contributed by atoms with E-state index in [1.807, 2.05) is 18.0 Å². The largest absolute Gasteiger partial charge is 0.468 e. The third-order valence-corrected chi connectivity index (χ3v) is 4.11. The molecule has 2 rings (SSSR count). The van der Waals surface area contributed by atoms with Crippen molar-refractivity contribution < 1.29 is 17.6 Å². The van der Waals surface area contributed by atoms with E-state index in [2.05, 4.69) is 5.32 Å². The van der Waals surface area contributed by atoms with Crippen LogP contribution in [-0.2, 0) is 21.2 Å². The molecule has 7 heteroatoms. The fourth-order valence-corrected chi connectivity index (χ4v) is 2.59. The Labute approximate surface area is 129 Å². The Bertz CT molecular complexity index is 721. The first-order valence-corrected chi connectivity index (χ1v) is 8.54. The average molecular weight is 322 g/mol. The number of nitrogens with one attached hydrogen (secondary N) is 1. The molecule has 118 valence electrons. The van der Waals surface area contributed by atoms with Crippen molar-refractivity contribution in [2.24, 2.45) is 0 Å². The number of nitrogens with zero attached hydrogens (tertiary/aromatic N) is 1. The van der Waals surface area contributed by atoms with Crippen molar-refractivity contribution in [2.75, 3.05) is 25.2 Å². The van der Waals surface area contributed by atoms with Gasteiger partial charge in [-0.3, -0.25) is 9.69 Å². The zero-order valence-electron chi connectivity index (χ0n) is 12.4. The summed E-state index contributed by atoms with van der Waals surface area (Å²) in [5.74, 6) is 0.606. The van der Waals surface area contributed by atoms with Gasteiger partial charge < -0.3 is 9.73 Å². The number of carbonyl (C=O) groups is 1. The van der Waals surface area contributed by atoms with Gasteiger partial charge in [-0.1, -0.05) is 0 Å². The fraction of sp³-hybridized carbons (Fsp3) is 0.267. The van der Waals surface area contributed by atoms with Crippen molar-refractivity contribution in [3.05, 3.63) is 48.4 Å². The number of carbonyl (C=O) groups excluding carboxylic acids is 1.